The Labute approximate surface area is 111 Å². The van der Waals surface area contributed by atoms with E-state index in [-0.39, 0.29) is 0 Å². The summed E-state index contributed by atoms with van der Waals surface area (Å²) in [5.41, 5.74) is 0. The predicted octanol–water partition coefficient (Wildman–Crippen LogP) is 6.16. The summed E-state index contributed by atoms with van der Waals surface area (Å²) in [5, 5.41) is 0. The van der Waals surface area contributed by atoms with Crippen molar-refractivity contribution in [2.45, 2.75) is 80.6 Å². The van der Waals surface area contributed by atoms with E-state index in [4.69, 9.17) is 0 Å². The lowest BCUT2D eigenvalue weighted by molar-refractivity contribution is 0.162. The Morgan fingerprint density at radius 3 is 1.76 bits per heavy atom. The molecule has 0 rings (SSSR count). The molecule has 5 unspecified atom stereocenters. The highest BCUT2D eigenvalue weighted by Gasteiger charge is 2.26. The average molecular weight is 240 g/mol. The predicted molar refractivity (Wildman–Crippen MR) is 80.3 cm³/mol. The van der Waals surface area contributed by atoms with Crippen LogP contribution < -0.4 is 0 Å². The summed E-state index contributed by atoms with van der Waals surface area (Å²) < 4.78 is 0. The van der Waals surface area contributed by atoms with Crippen LogP contribution in [0.25, 0.3) is 0 Å². The van der Waals surface area contributed by atoms with Gasteiger partial charge in [-0.2, -0.15) is 0 Å². The Morgan fingerprint density at radius 2 is 1.35 bits per heavy atom. The molecule has 0 N–H and O–H groups in total. The minimum Gasteiger partial charge on any atom is -0.0654 e. The number of hydrogen-bond donors (Lipinski definition) is 0. The molecule has 0 aromatic carbocycles. The first-order valence-corrected chi connectivity index (χ1v) is 7.97. The summed E-state index contributed by atoms with van der Waals surface area (Å²) in [6, 6.07) is 0. The molecule has 0 aliphatic carbocycles. The van der Waals surface area contributed by atoms with Gasteiger partial charge in [0, 0.05) is 0 Å². The van der Waals surface area contributed by atoms with Crippen molar-refractivity contribution in [2.75, 3.05) is 0 Å². The third-order valence-electron chi connectivity index (χ3n) is 4.99. The van der Waals surface area contributed by atoms with Gasteiger partial charge in [-0.15, -0.1) is 0 Å². The van der Waals surface area contributed by atoms with Gasteiger partial charge >= 0.3 is 0 Å². The highest BCUT2D eigenvalue weighted by molar-refractivity contribution is 4.76. The first kappa shape index (κ1) is 17.0. The molecule has 0 aliphatic heterocycles. The van der Waals surface area contributed by atoms with E-state index in [2.05, 4.69) is 48.5 Å². The molecule has 0 heterocycles. The van der Waals surface area contributed by atoms with Crippen molar-refractivity contribution in [3.63, 3.8) is 0 Å². The van der Waals surface area contributed by atoms with Crippen molar-refractivity contribution in [3.8, 4) is 0 Å². The van der Waals surface area contributed by atoms with E-state index in [0.717, 1.165) is 29.6 Å². The van der Waals surface area contributed by atoms with Gasteiger partial charge in [-0.05, 0) is 36.0 Å². The molecule has 0 aromatic heterocycles. The standard InChI is InChI=1S/C17H36/c1-8-11-14(5)17(10-3)16(7)15(6)12-13(4)9-2/h13-17H,8-12H2,1-7H3. The van der Waals surface area contributed by atoms with Crippen LogP contribution in [0.3, 0.4) is 0 Å². The summed E-state index contributed by atoms with van der Waals surface area (Å²) in [6.45, 7) is 16.8. The molecule has 0 fully saturated rings. The molecule has 0 aromatic rings. The van der Waals surface area contributed by atoms with Crippen molar-refractivity contribution < 1.29 is 0 Å². The highest BCUT2D eigenvalue weighted by atomic mass is 14.3. The summed E-state index contributed by atoms with van der Waals surface area (Å²) >= 11 is 0. The molecule has 0 saturated carbocycles. The van der Waals surface area contributed by atoms with E-state index in [0.29, 0.717) is 0 Å². The van der Waals surface area contributed by atoms with Crippen molar-refractivity contribution in [2.24, 2.45) is 29.6 Å². The van der Waals surface area contributed by atoms with Gasteiger partial charge in [0.1, 0.15) is 0 Å². The largest absolute Gasteiger partial charge is 0.0654 e. The molecule has 0 heteroatoms. The van der Waals surface area contributed by atoms with Gasteiger partial charge in [0.25, 0.3) is 0 Å². The molecule has 104 valence electrons. The normalized spacial score (nSPS) is 20.6. The minimum atomic E-state index is 0.884. The molecule has 0 nitrogen and oxygen atoms in total. The highest BCUT2D eigenvalue weighted by Crippen LogP contribution is 2.35. The molecule has 0 spiro atoms. The first-order valence-electron chi connectivity index (χ1n) is 7.97. The van der Waals surface area contributed by atoms with Crippen LogP contribution in [0.2, 0.25) is 0 Å². The molecule has 5 atom stereocenters. The van der Waals surface area contributed by atoms with Crippen LogP contribution in [0.5, 0.6) is 0 Å². The topological polar surface area (TPSA) is 0 Å². The van der Waals surface area contributed by atoms with E-state index < -0.39 is 0 Å². The second kappa shape index (κ2) is 9.00. The van der Waals surface area contributed by atoms with Gasteiger partial charge in [0.2, 0.25) is 0 Å². The third kappa shape index (κ3) is 5.93. The third-order valence-corrected chi connectivity index (χ3v) is 4.99. The maximum atomic E-state index is 2.49. The summed E-state index contributed by atoms with van der Waals surface area (Å²) in [5.74, 6) is 4.49. The minimum absolute atomic E-state index is 0.884. The second-order valence-corrected chi connectivity index (χ2v) is 6.42. The molecule has 0 saturated heterocycles. The fourth-order valence-corrected chi connectivity index (χ4v) is 3.40. The second-order valence-electron chi connectivity index (χ2n) is 6.42. The molecular weight excluding hydrogens is 204 g/mol. The quantitative estimate of drug-likeness (QED) is 0.453. The zero-order valence-electron chi connectivity index (χ0n) is 13.4. The van der Waals surface area contributed by atoms with Crippen LogP contribution in [0.1, 0.15) is 80.6 Å². The van der Waals surface area contributed by atoms with Crippen LogP contribution in [-0.4, -0.2) is 0 Å². The van der Waals surface area contributed by atoms with Gasteiger partial charge in [-0.3, -0.25) is 0 Å². The van der Waals surface area contributed by atoms with Gasteiger partial charge < -0.3 is 0 Å². The molecule has 0 aliphatic rings. The summed E-state index contributed by atoms with van der Waals surface area (Å²) in [7, 11) is 0. The Kier molecular flexibility index (Phi) is 9.00. The van der Waals surface area contributed by atoms with E-state index in [1.807, 2.05) is 0 Å². The summed E-state index contributed by atoms with van der Waals surface area (Å²) in [6.07, 6.45) is 6.83. The molecule has 0 radical (unpaired) electrons. The SMILES string of the molecule is CCCC(C)C(CC)C(C)C(C)CC(C)CC. The van der Waals surface area contributed by atoms with Crippen LogP contribution >= 0.6 is 0 Å². The molecule has 0 bridgehead atoms. The smallest absolute Gasteiger partial charge is 0.0363 e. The van der Waals surface area contributed by atoms with Crippen molar-refractivity contribution in [3.05, 3.63) is 0 Å². The van der Waals surface area contributed by atoms with E-state index in [9.17, 15) is 0 Å². The fourth-order valence-electron chi connectivity index (χ4n) is 3.40. The van der Waals surface area contributed by atoms with Crippen LogP contribution in [-0.2, 0) is 0 Å². The maximum absolute atomic E-state index is 2.49. The van der Waals surface area contributed by atoms with E-state index >= 15 is 0 Å². The van der Waals surface area contributed by atoms with Crippen LogP contribution in [0.4, 0.5) is 0 Å². The zero-order chi connectivity index (χ0) is 13.4. The first-order chi connectivity index (χ1) is 7.97. The monoisotopic (exact) mass is 240 g/mol. The van der Waals surface area contributed by atoms with Gasteiger partial charge in [-0.25, -0.2) is 0 Å². The number of hydrogen-bond acceptors (Lipinski definition) is 0. The lowest BCUT2D eigenvalue weighted by Crippen LogP contribution is -2.25. The lowest BCUT2D eigenvalue weighted by atomic mass is 9.72. The van der Waals surface area contributed by atoms with E-state index in [1.54, 1.807) is 0 Å². The Morgan fingerprint density at radius 1 is 0.765 bits per heavy atom. The Hall–Kier alpha value is 0. The van der Waals surface area contributed by atoms with Crippen molar-refractivity contribution >= 4 is 0 Å². The van der Waals surface area contributed by atoms with E-state index in [1.165, 1.54) is 32.1 Å². The van der Waals surface area contributed by atoms with Crippen molar-refractivity contribution in [1.82, 2.24) is 0 Å². The Balaban J connectivity index is 4.35. The van der Waals surface area contributed by atoms with Crippen molar-refractivity contribution in [1.29, 1.82) is 0 Å². The van der Waals surface area contributed by atoms with Gasteiger partial charge in [-0.1, -0.05) is 74.1 Å². The van der Waals surface area contributed by atoms with Crippen LogP contribution in [0, 0.1) is 29.6 Å². The summed E-state index contributed by atoms with van der Waals surface area (Å²) in [4.78, 5) is 0. The zero-order valence-corrected chi connectivity index (χ0v) is 13.4. The maximum Gasteiger partial charge on any atom is -0.0363 e. The van der Waals surface area contributed by atoms with Crippen LogP contribution in [0.15, 0.2) is 0 Å². The molecular formula is C17H36. The molecule has 17 heavy (non-hydrogen) atoms. The number of rotatable bonds is 9. The lowest BCUT2D eigenvalue weighted by Gasteiger charge is -2.33. The Bertz CT molecular complexity index is 173. The fraction of sp³-hybridized carbons (Fsp3) is 1.00. The van der Waals surface area contributed by atoms with Gasteiger partial charge in [0.15, 0.2) is 0 Å². The molecule has 0 amide bonds. The van der Waals surface area contributed by atoms with Gasteiger partial charge in [0.05, 0.1) is 0 Å². The average Bonchev–Trinajstić information content (AvgIpc) is 2.29.